The van der Waals surface area contributed by atoms with E-state index in [1.807, 2.05) is 30.5 Å². The van der Waals surface area contributed by atoms with Crippen molar-refractivity contribution in [3.05, 3.63) is 45.2 Å². The van der Waals surface area contributed by atoms with Gasteiger partial charge in [-0.3, -0.25) is 4.79 Å². The van der Waals surface area contributed by atoms with Crippen molar-refractivity contribution in [2.45, 2.75) is 26.3 Å². The first-order valence-corrected chi connectivity index (χ1v) is 8.55. The summed E-state index contributed by atoms with van der Waals surface area (Å²) in [7, 11) is 0. The Hall–Kier alpha value is -1.92. The minimum atomic E-state index is -0.0800. The average Bonchev–Trinajstić information content (AvgIpc) is 3.16. The first-order valence-electron chi connectivity index (χ1n) is 7.30. The Labute approximate surface area is 143 Å². The van der Waals surface area contributed by atoms with E-state index in [0.717, 1.165) is 16.2 Å². The van der Waals surface area contributed by atoms with Crippen molar-refractivity contribution in [3.63, 3.8) is 0 Å². The molecule has 3 rings (SSSR count). The number of hydrazone groups is 1. The van der Waals surface area contributed by atoms with Gasteiger partial charge in [-0.25, -0.2) is 9.99 Å². The van der Waals surface area contributed by atoms with Crippen LogP contribution in [0, 0.1) is 0 Å². The summed E-state index contributed by atoms with van der Waals surface area (Å²) in [6.45, 7) is 3.93. The molecular weight excluding hydrogens is 334 g/mol. The van der Waals surface area contributed by atoms with Crippen LogP contribution in [0.1, 0.15) is 36.8 Å². The molecule has 0 saturated heterocycles. The van der Waals surface area contributed by atoms with E-state index in [0.29, 0.717) is 24.1 Å². The maximum Gasteiger partial charge on any atom is 0.240 e. The smallest absolute Gasteiger partial charge is 0.240 e. The lowest BCUT2D eigenvalue weighted by atomic mass is 10.0. The molecule has 1 aliphatic rings. The highest BCUT2D eigenvalue weighted by Crippen LogP contribution is 2.35. The molecule has 1 atom stereocenters. The van der Waals surface area contributed by atoms with Gasteiger partial charge in [-0.2, -0.15) is 5.10 Å². The fourth-order valence-corrected chi connectivity index (χ4v) is 3.55. The van der Waals surface area contributed by atoms with Crippen molar-refractivity contribution >= 4 is 34.6 Å². The van der Waals surface area contributed by atoms with Crippen LogP contribution < -0.4 is 4.74 Å². The first-order chi connectivity index (χ1) is 11.1. The number of halogens is 1. The van der Waals surface area contributed by atoms with Crippen molar-refractivity contribution in [1.82, 2.24) is 9.99 Å². The number of hydrogen-bond donors (Lipinski definition) is 0. The van der Waals surface area contributed by atoms with Gasteiger partial charge in [-0.1, -0.05) is 17.7 Å². The van der Waals surface area contributed by atoms with Crippen LogP contribution in [-0.2, 0) is 4.79 Å². The fourth-order valence-electron chi connectivity index (χ4n) is 2.54. The quantitative estimate of drug-likeness (QED) is 0.787. The molecule has 1 unspecified atom stereocenters. The summed E-state index contributed by atoms with van der Waals surface area (Å²) >= 11 is 7.70. The molecule has 3 heterocycles. The summed E-state index contributed by atoms with van der Waals surface area (Å²) in [4.78, 5) is 17.2. The highest BCUT2D eigenvalue weighted by atomic mass is 35.5. The molecule has 0 spiro atoms. The van der Waals surface area contributed by atoms with Gasteiger partial charge in [0, 0.05) is 29.9 Å². The minimum absolute atomic E-state index is 0.0648. The summed E-state index contributed by atoms with van der Waals surface area (Å²) in [5.41, 5.74) is 1.64. The summed E-state index contributed by atoms with van der Waals surface area (Å²) in [5.74, 6) is 0.384. The van der Waals surface area contributed by atoms with Crippen LogP contribution in [0.5, 0.6) is 5.88 Å². The summed E-state index contributed by atoms with van der Waals surface area (Å²) in [6, 6.07) is 7.49. The summed E-state index contributed by atoms with van der Waals surface area (Å²) in [6.07, 6.45) is 0.645. The van der Waals surface area contributed by atoms with Gasteiger partial charge in [0.2, 0.25) is 11.8 Å². The number of hydrogen-bond acceptors (Lipinski definition) is 5. The molecular formula is C16H16ClN3O2S. The molecule has 0 aliphatic carbocycles. The van der Waals surface area contributed by atoms with E-state index < -0.39 is 0 Å². The predicted octanol–water partition coefficient (Wildman–Crippen LogP) is 3.89. The Kier molecular flexibility index (Phi) is 4.63. The van der Waals surface area contributed by atoms with Crippen LogP contribution >= 0.6 is 22.9 Å². The molecule has 0 N–H and O–H groups in total. The van der Waals surface area contributed by atoms with Crippen molar-refractivity contribution < 1.29 is 9.53 Å². The Balaban J connectivity index is 1.94. The maximum absolute atomic E-state index is 11.9. The number of ether oxygens (including phenoxy) is 1. The van der Waals surface area contributed by atoms with Crippen LogP contribution in [0.2, 0.25) is 5.15 Å². The lowest BCUT2D eigenvalue weighted by Gasteiger charge is -2.18. The Bertz CT molecular complexity index is 746. The van der Waals surface area contributed by atoms with Gasteiger partial charge in [0.15, 0.2) is 0 Å². The Morgan fingerprint density at radius 2 is 2.35 bits per heavy atom. The molecule has 0 aromatic carbocycles. The molecule has 0 fully saturated rings. The number of carbonyl (C=O) groups excluding carboxylic acids is 1. The maximum atomic E-state index is 11.9. The van der Waals surface area contributed by atoms with E-state index in [9.17, 15) is 4.79 Å². The van der Waals surface area contributed by atoms with Crippen LogP contribution in [-0.4, -0.2) is 28.2 Å². The van der Waals surface area contributed by atoms with Gasteiger partial charge in [-0.15, -0.1) is 11.3 Å². The third-order valence-corrected chi connectivity index (χ3v) is 4.67. The first kappa shape index (κ1) is 16.0. The summed E-state index contributed by atoms with van der Waals surface area (Å²) in [5, 5.41) is 8.39. The van der Waals surface area contributed by atoms with Crippen LogP contribution in [0.4, 0.5) is 0 Å². The average molecular weight is 350 g/mol. The van der Waals surface area contributed by atoms with E-state index in [1.165, 1.54) is 11.9 Å². The van der Waals surface area contributed by atoms with Crippen LogP contribution in [0.15, 0.2) is 34.7 Å². The molecule has 2 aromatic heterocycles. The van der Waals surface area contributed by atoms with Gasteiger partial charge < -0.3 is 4.74 Å². The fraction of sp³-hybridized carbons (Fsp3) is 0.312. The zero-order valence-electron chi connectivity index (χ0n) is 12.8. The van der Waals surface area contributed by atoms with Gasteiger partial charge >= 0.3 is 0 Å². The molecule has 1 aliphatic heterocycles. The number of thiophene rings is 1. The van der Waals surface area contributed by atoms with Gasteiger partial charge in [0.1, 0.15) is 5.15 Å². The van der Waals surface area contributed by atoms with Crippen LogP contribution in [0.25, 0.3) is 0 Å². The second-order valence-corrected chi connectivity index (χ2v) is 6.46. The highest BCUT2D eigenvalue weighted by molar-refractivity contribution is 7.10. The third kappa shape index (κ3) is 3.38. The molecule has 120 valence electrons. The van der Waals surface area contributed by atoms with Gasteiger partial charge in [-0.05, 0) is 24.4 Å². The largest absolute Gasteiger partial charge is 0.478 e. The second kappa shape index (κ2) is 6.68. The number of rotatable bonds is 4. The number of nitrogens with zero attached hydrogens (tertiary/aromatic N) is 3. The Morgan fingerprint density at radius 3 is 3.00 bits per heavy atom. The molecule has 7 heteroatoms. The standard InChI is InChI=1S/C16H16ClN3O2S/c1-3-22-16-8-11(7-15(17)18-16)12-9-13(14-5-4-6-23-14)20(19-12)10(2)21/h4-8,13H,3,9H2,1-2H3. The van der Waals surface area contributed by atoms with Crippen LogP contribution in [0.3, 0.4) is 0 Å². The number of carbonyl (C=O) groups is 1. The van der Waals surface area contributed by atoms with Crippen molar-refractivity contribution in [2.75, 3.05) is 6.61 Å². The van der Waals surface area contributed by atoms with Crippen molar-refractivity contribution in [2.24, 2.45) is 5.10 Å². The van der Waals surface area contributed by atoms with Gasteiger partial charge in [0.05, 0.1) is 18.4 Å². The molecule has 0 radical (unpaired) electrons. The predicted molar refractivity (Wildman–Crippen MR) is 91.2 cm³/mol. The second-order valence-electron chi connectivity index (χ2n) is 5.10. The van der Waals surface area contributed by atoms with E-state index >= 15 is 0 Å². The van der Waals surface area contributed by atoms with E-state index in [-0.39, 0.29) is 11.9 Å². The summed E-state index contributed by atoms with van der Waals surface area (Å²) < 4.78 is 5.43. The van der Waals surface area contributed by atoms with Crippen molar-refractivity contribution in [3.8, 4) is 5.88 Å². The van der Waals surface area contributed by atoms with E-state index in [1.54, 1.807) is 17.4 Å². The monoisotopic (exact) mass is 349 g/mol. The molecule has 23 heavy (non-hydrogen) atoms. The SMILES string of the molecule is CCOc1cc(C2=NN(C(C)=O)C(c3cccs3)C2)cc(Cl)n1. The van der Waals surface area contributed by atoms with Gasteiger partial charge in [0.25, 0.3) is 0 Å². The molecule has 0 bridgehead atoms. The molecule has 5 nitrogen and oxygen atoms in total. The topological polar surface area (TPSA) is 54.8 Å². The zero-order chi connectivity index (χ0) is 16.4. The van der Waals surface area contributed by atoms with E-state index in [4.69, 9.17) is 16.3 Å². The molecule has 1 amide bonds. The Morgan fingerprint density at radius 1 is 1.52 bits per heavy atom. The van der Waals surface area contributed by atoms with E-state index in [2.05, 4.69) is 10.1 Å². The van der Waals surface area contributed by atoms with Crippen molar-refractivity contribution in [1.29, 1.82) is 0 Å². The normalized spacial score (nSPS) is 17.3. The minimum Gasteiger partial charge on any atom is -0.478 e. The number of aromatic nitrogens is 1. The number of amides is 1. The third-order valence-electron chi connectivity index (χ3n) is 3.50. The zero-order valence-corrected chi connectivity index (χ0v) is 14.4. The number of pyridine rings is 1. The lowest BCUT2D eigenvalue weighted by Crippen LogP contribution is -2.23. The molecule has 0 saturated carbocycles. The lowest BCUT2D eigenvalue weighted by molar-refractivity contribution is -0.130. The highest BCUT2D eigenvalue weighted by Gasteiger charge is 2.32. The molecule has 2 aromatic rings.